The van der Waals surface area contributed by atoms with Crippen LogP contribution in [0.5, 0.6) is 0 Å². The Morgan fingerprint density at radius 2 is 1.46 bits per heavy atom. The first-order chi connectivity index (χ1) is 11.7. The second-order valence-electron chi connectivity index (χ2n) is 6.66. The van der Waals surface area contributed by atoms with Gasteiger partial charge in [0.15, 0.2) is 0 Å². The van der Waals surface area contributed by atoms with Crippen molar-refractivity contribution in [3.8, 4) is 0 Å². The molecule has 1 fully saturated rings. The van der Waals surface area contributed by atoms with Gasteiger partial charge >= 0.3 is 0 Å². The standard InChI is InChI=1S/C20H23N3O/c1-20(14-6-3-7-15-20)19(24)21-16-10-12-18(13-11-16)23-22-17-8-4-2-5-9-17/h2,4-5,8-13H,3,6-7,14-15H2,1H3,(H,21,24). The average Bonchev–Trinajstić information content (AvgIpc) is 2.62. The minimum Gasteiger partial charge on any atom is -0.326 e. The molecule has 0 spiro atoms. The van der Waals surface area contributed by atoms with Crippen LogP contribution in [0.3, 0.4) is 0 Å². The van der Waals surface area contributed by atoms with E-state index in [9.17, 15) is 4.79 Å². The smallest absolute Gasteiger partial charge is 0.230 e. The Morgan fingerprint density at radius 3 is 2.08 bits per heavy atom. The Balaban J connectivity index is 1.62. The van der Waals surface area contributed by atoms with Gasteiger partial charge in [-0.2, -0.15) is 10.2 Å². The zero-order valence-electron chi connectivity index (χ0n) is 14.0. The van der Waals surface area contributed by atoms with E-state index in [0.717, 1.165) is 42.7 Å². The summed E-state index contributed by atoms with van der Waals surface area (Å²) in [5, 5.41) is 11.4. The molecule has 0 aliphatic heterocycles. The summed E-state index contributed by atoms with van der Waals surface area (Å²) in [7, 11) is 0. The zero-order chi connectivity index (χ0) is 16.8. The third kappa shape index (κ3) is 4.07. The van der Waals surface area contributed by atoms with Crippen LogP contribution in [0.1, 0.15) is 39.0 Å². The molecule has 1 amide bonds. The molecule has 1 aliphatic carbocycles. The number of nitrogens with one attached hydrogen (secondary N) is 1. The van der Waals surface area contributed by atoms with Crippen molar-refractivity contribution >= 4 is 23.0 Å². The molecule has 2 aromatic rings. The second kappa shape index (κ2) is 7.39. The van der Waals surface area contributed by atoms with E-state index in [1.54, 1.807) is 0 Å². The molecule has 0 atom stereocenters. The summed E-state index contributed by atoms with van der Waals surface area (Å²) >= 11 is 0. The minimum atomic E-state index is -0.232. The van der Waals surface area contributed by atoms with Crippen LogP contribution in [0.15, 0.2) is 64.8 Å². The van der Waals surface area contributed by atoms with Crippen molar-refractivity contribution in [3.05, 3.63) is 54.6 Å². The number of nitrogens with zero attached hydrogens (tertiary/aromatic N) is 2. The number of anilines is 1. The lowest BCUT2D eigenvalue weighted by atomic mass is 9.75. The highest BCUT2D eigenvalue weighted by molar-refractivity contribution is 5.95. The van der Waals surface area contributed by atoms with Gasteiger partial charge in [-0.25, -0.2) is 0 Å². The first-order valence-corrected chi connectivity index (χ1v) is 8.54. The van der Waals surface area contributed by atoms with Crippen LogP contribution >= 0.6 is 0 Å². The highest BCUT2D eigenvalue weighted by Crippen LogP contribution is 2.36. The molecule has 4 nitrogen and oxygen atoms in total. The summed E-state index contributed by atoms with van der Waals surface area (Å²) in [6.45, 7) is 2.07. The lowest BCUT2D eigenvalue weighted by Gasteiger charge is -2.32. The fourth-order valence-corrected chi connectivity index (χ4v) is 3.06. The van der Waals surface area contributed by atoms with Crippen LogP contribution in [0, 0.1) is 5.41 Å². The van der Waals surface area contributed by atoms with E-state index in [0.29, 0.717) is 0 Å². The van der Waals surface area contributed by atoms with Crippen molar-refractivity contribution in [2.45, 2.75) is 39.0 Å². The van der Waals surface area contributed by atoms with Crippen molar-refractivity contribution < 1.29 is 4.79 Å². The van der Waals surface area contributed by atoms with Crippen LogP contribution in [0.2, 0.25) is 0 Å². The van der Waals surface area contributed by atoms with Crippen molar-refractivity contribution in [2.75, 3.05) is 5.32 Å². The molecular formula is C20H23N3O. The third-order valence-corrected chi connectivity index (χ3v) is 4.67. The number of azo groups is 1. The van der Waals surface area contributed by atoms with Crippen LogP contribution in [0.4, 0.5) is 17.1 Å². The van der Waals surface area contributed by atoms with E-state index >= 15 is 0 Å². The van der Waals surface area contributed by atoms with Gasteiger partial charge in [-0.15, -0.1) is 0 Å². The van der Waals surface area contributed by atoms with Gasteiger partial charge in [0.1, 0.15) is 0 Å². The topological polar surface area (TPSA) is 53.8 Å². The molecule has 4 heteroatoms. The summed E-state index contributed by atoms with van der Waals surface area (Å²) in [4.78, 5) is 12.5. The van der Waals surface area contributed by atoms with E-state index in [1.165, 1.54) is 6.42 Å². The van der Waals surface area contributed by atoms with Crippen LogP contribution in [0.25, 0.3) is 0 Å². The van der Waals surface area contributed by atoms with E-state index in [1.807, 2.05) is 54.6 Å². The van der Waals surface area contributed by atoms with Gasteiger partial charge in [0.2, 0.25) is 5.91 Å². The van der Waals surface area contributed by atoms with Gasteiger partial charge in [-0.1, -0.05) is 44.4 Å². The number of amides is 1. The lowest BCUT2D eigenvalue weighted by Crippen LogP contribution is -2.35. The first-order valence-electron chi connectivity index (χ1n) is 8.54. The molecule has 2 aromatic carbocycles. The number of hydrogen-bond acceptors (Lipinski definition) is 3. The van der Waals surface area contributed by atoms with Crippen LogP contribution < -0.4 is 5.32 Å². The Kier molecular flexibility index (Phi) is 5.04. The SMILES string of the molecule is CC1(C(=O)Nc2ccc(N=Nc3ccccc3)cc2)CCCCC1. The minimum absolute atomic E-state index is 0.126. The molecule has 0 bridgehead atoms. The molecule has 0 saturated heterocycles. The number of benzene rings is 2. The monoisotopic (exact) mass is 321 g/mol. The Labute approximate surface area is 143 Å². The van der Waals surface area contributed by atoms with E-state index in [-0.39, 0.29) is 11.3 Å². The second-order valence-corrected chi connectivity index (χ2v) is 6.66. The molecule has 0 unspecified atom stereocenters. The molecule has 1 N–H and O–H groups in total. The molecule has 24 heavy (non-hydrogen) atoms. The molecule has 0 heterocycles. The number of carbonyl (C=O) groups excluding carboxylic acids is 1. The van der Waals surface area contributed by atoms with E-state index in [2.05, 4.69) is 22.5 Å². The lowest BCUT2D eigenvalue weighted by molar-refractivity contribution is -0.126. The van der Waals surface area contributed by atoms with Crippen molar-refractivity contribution in [2.24, 2.45) is 15.6 Å². The fraction of sp³-hybridized carbons (Fsp3) is 0.350. The van der Waals surface area contributed by atoms with Crippen molar-refractivity contribution in [1.29, 1.82) is 0 Å². The maximum atomic E-state index is 12.5. The predicted molar refractivity (Wildman–Crippen MR) is 96.9 cm³/mol. The third-order valence-electron chi connectivity index (χ3n) is 4.67. The molecule has 0 radical (unpaired) electrons. The van der Waals surface area contributed by atoms with Gasteiger partial charge in [-0.3, -0.25) is 4.79 Å². The summed E-state index contributed by atoms with van der Waals surface area (Å²) in [5.74, 6) is 0.126. The van der Waals surface area contributed by atoms with Gasteiger partial charge in [0.05, 0.1) is 11.4 Å². The molecule has 0 aromatic heterocycles. The Hall–Kier alpha value is -2.49. The fourth-order valence-electron chi connectivity index (χ4n) is 3.06. The highest BCUT2D eigenvalue weighted by atomic mass is 16.2. The summed E-state index contributed by atoms with van der Waals surface area (Å²) in [6, 6.07) is 17.1. The summed E-state index contributed by atoms with van der Waals surface area (Å²) in [6.07, 6.45) is 5.47. The number of hydrogen-bond donors (Lipinski definition) is 1. The number of rotatable bonds is 4. The zero-order valence-corrected chi connectivity index (χ0v) is 14.0. The molecule has 3 rings (SSSR count). The van der Waals surface area contributed by atoms with E-state index in [4.69, 9.17) is 0 Å². The van der Waals surface area contributed by atoms with Gasteiger partial charge in [0, 0.05) is 11.1 Å². The largest absolute Gasteiger partial charge is 0.326 e. The summed E-state index contributed by atoms with van der Waals surface area (Å²) in [5.41, 5.74) is 2.16. The normalized spacial score (nSPS) is 16.9. The Bertz CT molecular complexity index is 701. The molecule has 1 aliphatic rings. The van der Waals surface area contributed by atoms with Gasteiger partial charge < -0.3 is 5.32 Å². The van der Waals surface area contributed by atoms with Crippen LogP contribution in [-0.4, -0.2) is 5.91 Å². The molecule has 1 saturated carbocycles. The van der Waals surface area contributed by atoms with Crippen molar-refractivity contribution in [3.63, 3.8) is 0 Å². The van der Waals surface area contributed by atoms with E-state index < -0.39 is 0 Å². The predicted octanol–water partition coefficient (Wildman–Crippen LogP) is 6.01. The van der Waals surface area contributed by atoms with Gasteiger partial charge in [0.25, 0.3) is 0 Å². The van der Waals surface area contributed by atoms with Gasteiger partial charge in [-0.05, 0) is 49.2 Å². The quantitative estimate of drug-likeness (QED) is 0.689. The molecule has 124 valence electrons. The molecular weight excluding hydrogens is 298 g/mol. The maximum absolute atomic E-state index is 12.5. The average molecular weight is 321 g/mol. The number of carbonyl (C=O) groups is 1. The summed E-state index contributed by atoms with van der Waals surface area (Å²) < 4.78 is 0. The Morgan fingerprint density at radius 1 is 0.875 bits per heavy atom. The maximum Gasteiger partial charge on any atom is 0.230 e. The van der Waals surface area contributed by atoms with Crippen LogP contribution in [-0.2, 0) is 4.79 Å². The first kappa shape index (κ1) is 16.4. The highest BCUT2D eigenvalue weighted by Gasteiger charge is 2.34. The van der Waals surface area contributed by atoms with Crippen molar-refractivity contribution in [1.82, 2.24) is 0 Å².